The smallest absolute Gasteiger partial charge is 0.317 e. The van der Waals surface area contributed by atoms with E-state index in [0.29, 0.717) is 6.04 Å². The van der Waals surface area contributed by atoms with Crippen LogP contribution in [0.15, 0.2) is 0 Å². The third kappa shape index (κ3) is 3.06. The van der Waals surface area contributed by atoms with Crippen molar-refractivity contribution in [1.29, 1.82) is 0 Å². The van der Waals surface area contributed by atoms with Crippen LogP contribution in [0, 0.1) is 0 Å². The number of urea groups is 1. The molecule has 2 rings (SSSR count). The van der Waals surface area contributed by atoms with Gasteiger partial charge in [-0.2, -0.15) is 11.8 Å². The van der Waals surface area contributed by atoms with E-state index < -0.39 is 0 Å². The molecule has 1 saturated heterocycles. The van der Waals surface area contributed by atoms with E-state index in [1.165, 1.54) is 25.7 Å². The summed E-state index contributed by atoms with van der Waals surface area (Å²) in [5.74, 6) is 0. The van der Waals surface area contributed by atoms with E-state index in [-0.39, 0.29) is 6.03 Å². The van der Waals surface area contributed by atoms with Gasteiger partial charge < -0.3 is 10.2 Å². The lowest BCUT2D eigenvalue weighted by Crippen LogP contribution is -2.45. The van der Waals surface area contributed by atoms with Crippen molar-refractivity contribution in [3.8, 4) is 0 Å². The molecule has 1 aliphatic heterocycles. The average Bonchev–Trinajstić information content (AvgIpc) is 2.83. The Morgan fingerprint density at radius 3 is 2.38 bits per heavy atom. The van der Waals surface area contributed by atoms with E-state index in [0.717, 1.165) is 31.2 Å². The van der Waals surface area contributed by atoms with Crippen molar-refractivity contribution in [2.45, 2.75) is 49.8 Å². The fourth-order valence-electron chi connectivity index (χ4n) is 2.63. The summed E-state index contributed by atoms with van der Waals surface area (Å²) in [6.07, 6.45) is 9.36. The van der Waals surface area contributed by atoms with Crippen LogP contribution < -0.4 is 5.32 Å². The molecule has 1 aliphatic carbocycles. The van der Waals surface area contributed by atoms with Gasteiger partial charge in [-0.05, 0) is 44.8 Å². The fraction of sp³-hybridized carbons (Fsp3) is 0.917. The zero-order valence-corrected chi connectivity index (χ0v) is 10.9. The number of thioether (sulfide) groups is 1. The maximum Gasteiger partial charge on any atom is 0.317 e. The Bertz CT molecular complexity index is 233. The van der Waals surface area contributed by atoms with Crippen LogP contribution in [0.25, 0.3) is 0 Å². The quantitative estimate of drug-likeness (QED) is 0.807. The summed E-state index contributed by atoms with van der Waals surface area (Å²) in [7, 11) is 0. The normalized spacial score (nSPS) is 30.4. The summed E-state index contributed by atoms with van der Waals surface area (Å²) in [4.78, 5) is 13.8. The van der Waals surface area contributed by atoms with E-state index in [1.807, 2.05) is 16.7 Å². The summed E-state index contributed by atoms with van der Waals surface area (Å²) in [5.41, 5.74) is 0. The van der Waals surface area contributed by atoms with E-state index in [2.05, 4.69) is 11.6 Å². The van der Waals surface area contributed by atoms with E-state index in [4.69, 9.17) is 0 Å². The summed E-state index contributed by atoms with van der Waals surface area (Å²) in [5, 5.41) is 4.00. The lowest BCUT2D eigenvalue weighted by Gasteiger charge is -2.29. The highest BCUT2D eigenvalue weighted by Crippen LogP contribution is 2.26. The Morgan fingerprint density at radius 1 is 1.19 bits per heavy atom. The summed E-state index contributed by atoms with van der Waals surface area (Å²) < 4.78 is 0. The number of rotatable bonds is 2. The van der Waals surface area contributed by atoms with Crippen LogP contribution >= 0.6 is 11.8 Å². The third-order valence-electron chi connectivity index (χ3n) is 3.73. The van der Waals surface area contributed by atoms with Crippen LogP contribution in [0.5, 0.6) is 0 Å². The van der Waals surface area contributed by atoms with Crippen molar-refractivity contribution in [3.63, 3.8) is 0 Å². The number of hydrogen-bond acceptors (Lipinski definition) is 2. The Labute approximate surface area is 102 Å². The monoisotopic (exact) mass is 242 g/mol. The third-order valence-corrected chi connectivity index (χ3v) is 4.87. The van der Waals surface area contributed by atoms with Crippen LogP contribution in [0.3, 0.4) is 0 Å². The SMILES string of the molecule is CSC1CCC(NC(=O)N2CCCC2)CC1. The second-order valence-electron chi connectivity index (χ2n) is 4.85. The van der Waals surface area contributed by atoms with Gasteiger partial charge in [0.1, 0.15) is 0 Å². The van der Waals surface area contributed by atoms with E-state index in [1.54, 1.807) is 0 Å². The lowest BCUT2D eigenvalue weighted by atomic mass is 9.95. The number of likely N-dealkylation sites (tertiary alicyclic amines) is 1. The minimum atomic E-state index is 0.171. The highest BCUT2D eigenvalue weighted by atomic mass is 32.2. The van der Waals surface area contributed by atoms with Crippen molar-refractivity contribution >= 4 is 17.8 Å². The van der Waals surface area contributed by atoms with Crippen LogP contribution in [-0.2, 0) is 0 Å². The van der Waals surface area contributed by atoms with Crippen LogP contribution in [-0.4, -0.2) is 41.6 Å². The van der Waals surface area contributed by atoms with Gasteiger partial charge in [0.2, 0.25) is 0 Å². The molecule has 0 aromatic carbocycles. The number of amides is 2. The standard InChI is InChI=1S/C12H22N2OS/c1-16-11-6-4-10(5-7-11)13-12(15)14-8-2-3-9-14/h10-11H,2-9H2,1H3,(H,13,15). The van der Waals surface area contributed by atoms with Gasteiger partial charge in [-0.1, -0.05) is 0 Å². The second kappa shape index (κ2) is 5.80. The van der Waals surface area contributed by atoms with Crippen LogP contribution in [0.2, 0.25) is 0 Å². The number of hydrogen-bond donors (Lipinski definition) is 1. The first-order valence-electron chi connectivity index (χ1n) is 6.38. The maximum atomic E-state index is 11.9. The minimum Gasteiger partial charge on any atom is -0.335 e. The number of carbonyl (C=O) groups excluding carboxylic acids is 1. The fourth-order valence-corrected chi connectivity index (χ4v) is 3.37. The topological polar surface area (TPSA) is 32.3 Å². The molecule has 0 radical (unpaired) electrons. The van der Waals surface area contributed by atoms with Gasteiger partial charge in [-0.25, -0.2) is 4.79 Å². The molecular weight excluding hydrogens is 220 g/mol. The first kappa shape index (κ1) is 12.1. The van der Waals surface area contributed by atoms with Gasteiger partial charge in [0.05, 0.1) is 0 Å². The largest absolute Gasteiger partial charge is 0.335 e. The Hall–Kier alpha value is -0.380. The molecule has 16 heavy (non-hydrogen) atoms. The van der Waals surface area contributed by atoms with Gasteiger partial charge in [-0.15, -0.1) is 0 Å². The number of carbonyl (C=O) groups is 1. The van der Waals surface area contributed by atoms with Crippen molar-refractivity contribution in [2.24, 2.45) is 0 Å². The summed E-state index contributed by atoms with van der Waals surface area (Å²) in [6, 6.07) is 0.599. The molecule has 2 aliphatic rings. The van der Waals surface area contributed by atoms with Crippen LogP contribution in [0.1, 0.15) is 38.5 Å². The molecule has 0 bridgehead atoms. The molecule has 2 fully saturated rings. The molecule has 92 valence electrons. The first-order valence-corrected chi connectivity index (χ1v) is 7.66. The van der Waals surface area contributed by atoms with Gasteiger partial charge in [-0.3, -0.25) is 0 Å². The van der Waals surface area contributed by atoms with E-state index in [9.17, 15) is 4.79 Å². The lowest BCUT2D eigenvalue weighted by molar-refractivity contribution is 0.201. The van der Waals surface area contributed by atoms with Crippen LogP contribution in [0.4, 0.5) is 4.79 Å². The molecule has 3 nitrogen and oxygen atoms in total. The average molecular weight is 242 g/mol. The zero-order chi connectivity index (χ0) is 11.4. The second-order valence-corrected chi connectivity index (χ2v) is 5.99. The molecule has 4 heteroatoms. The highest BCUT2D eigenvalue weighted by molar-refractivity contribution is 7.99. The zero-order valence-electron chi connectivity index (χ0n) is 10.1. The van der Waals surface area contributed by atoms with E-state index >= 15 is 0 Å². The molecule has 0 atom stereocenters. The number of nitrogens with one attached hydrogen (secondary N) is 1. The molecule has 0 spiro atoms. The maximum absolute atomic E-state index is 11.9. The summed E-state index contributed by atoms with van der Waals surface area (Å²) >= 11 is 1.97. The molecule has 0 aromatic heterocycles. The highest BCUT2D eigenvalue weighted by Gasteiger charge is 2.24. The van der Waals surface area contributed by atoms with Gasteiger partial charge in [0.15, 0.2) is 0 Å². The summed E-state index contributed by atoms with van der Waals surface area (Å²) in [6.45, 7) is 1.90. The molecule has 2 amide bonds. The van der Waals surface area contributed by atoms with Crippen molar-refractivity contribution in [1.82, 2.24) is 10.2 Å². The van der Waals surface area contributed by atoms with Crippen molar-refractivity contribution in [3.05, 3.63) is 0 Å². The Kier molecular flexibility index (Phi) is 4.38. The molecular formula is C12H22N2OS. The minimum absolute atomic E-state index is 0.171. The van der Waals surface area contributed by atoms with Gasteiger partial charge in [0.25, 0.3) is 0 Å². The predicted molar refractivity (Wildman–Crippen MR) is 68.9 cm³/mol. The molecule has 1 heterocycles. The van der Waals surface area contributed by atoms with Gasteiger partial charge >= 0.3 is 6.03 Å². The Morgan fingerprint density at radius 2 is 1.81 bits per heavy atom. The first-order chi connectivity index (χ1) is 7.79. The Balaban J connectivity index is 1.71. The number of nitrogens with zero attached hydrogens (tertiary/aromatic N) is 1. The molecule has 0 aromatic rings. The van der Waals surface area contributed by atoms with Crippen molar-refractivity contribution in [2.75, 3.05) is 19.3 Å². The van der Waals surface area contributed by atoms with Crippen molar-refractivity contribution < 1.29 is 4.79 Å². The molecule has 0 unspecified atom stereocenters. The van der Waals surface area contributed by atoms with Gasteiger partial charge in [0, 0.05) is 24.4 Å². The molecule has 1 N–H and O–H groups in total. The predicted octanol–water partition coefficient (Wildman–Crippen LogP) is 2.47. The molecule has 1 saturated carbocycles.